The van der Waals surface area contributed by atoms with Gasteiger partial charge in [0, 0.05) is 30.9 Å². The zero-order valence-electron chi connectivity index (χ0n) is 14.2. The second-order valence-corrected chi connectivity index (χ2v) is 7.34. The molecule has 1 fully saturated rings. The first-order valence-electron chi connectivity index (χ1n) is 8.76. The van der Waals surface area contributed by atoms with Crippen LogP contribution in [0.2, 0.25) is 0 Å². The molecule has 1 aliphatic rings. The zero-order chi connectivity index (χ0) is 16.8. The summed E-state index contributed by atoms with van der Waals surface area (Å²) in [5.41, 5.74) is 1.54. The Balaban J connectivity index is 1.48. The molecule has 4 nitrogen and oxygen atoms in total. The van der Waals surface area contributed by atoms with E-state index in [2.05, 4.69) is 22.1 Å². The highest BCUT2D eigenvalue weighted by Gasteiger charge is 2.17. The maximum absolute atomic E-state index is 12.3. The second-order valence-electron chi connectivity index (χ2n) is 6.40. The highest BCUT2D eigenvalue weighted by Crippen LogP contribution is 2.23. The number of likely N-dealkylation sites (tertiary alicyclic amines) is 1. The van der Waals surface area contributed by atoms with Gasteiger partial charge in [-0.2, -0.15) is 0 Å². The fourth-order valence-electron chi connectivity index (χ4n) is 3.21. The predicted molar refractivity (Wildman–Crippen MR) is 99.4 cm³/mol. The van der Waals surface area contributed by atoms with Crippen LogP contribution in [0.15, 0.2) is 35.8 Å². The number of hydrogen-bond acceptors (Lipinski definition) is 4. The van der Waals surface area contributed by atoms with E-state index in [1.807, 2.05) is 23.6 Å². The van der Waals surface area contributed by atoms with Crippen LogP contribution < -0.4 is 5.32 Å². The van der Waals surface area contributed by atoms with Crippen molar-refractivity contribution in [2.45, 2.75) is 38.6 Å². The molecule has 3 rings (SSSR count). The van der Waals surface area contributed by atoms with Crippen molar-refractivity contribution in [3.63, 3.8) is 0 Å². The lowest BCUT2D eigenvalue weighted by molar-refractivity contribution is 0.0949. The minimum Gasteiger partial charge on any atom is -0.352 e. The van der Waals surface area contributed by atoms with E-state index in [1.165, 1.54) is 25.8 Å². The first-order chi connectivity index (χ1) is 11.7. The normalized spacial score (nSPS) is 18.5. The average Bonchev–Trinajstić information content (AvgIpc) is 3.15. The molecule has 1 N–H and O–H groups in total. The topological polar surface area (TPSA) is 45.2 Å². The number of piperidine rings is 1. The summed E-state index contributed by atoms with van der Waals surface area (Å²) < 4.78 is 0. The molecule has 128 valence electrons. The molecule has 0 saturated carbocycles. The monoisotopic (exact) mass is 343 g/mol. The fourth-order valence-corrected chi connectivity index (χ4v) is 3.90. The van der Waals surface area contributed by atoms with Crippen molar-refractivity contribution in [2.75, 3.05) is 19.6 Å². The third-order valence-electron chi connectivity index (χ3n) is 4.64. The number of carbonyl (C=O) groups is 1. The smallest absolute Gasteiger partial charge is 0.251 e. The van der Waals surface area contributed by atoms with Crippen LogP contribution in [0.1, 0.15) is 43.0 Å². The highest BCUT2D eigenvalue weighted by atomic mass is 32.1. The van der Waals surface area contributed by atoms with Gasteiger partial charge in [-0.1, -0.05) is 12.5 Å². The van der Waals surface area contributed by atoms with Gasteiger partial charge in [-0.25, -0.2) is 0 Å². The van der Waals surface area contributed by atoms with E-state index in [4.69, 9.17) is 0 Å². The maximum atomic E-state index is 12.3. The van der Waals surface area contributed by atoms with Gasteiger partial charge in [0.1, 0.15) is 0 Å². The van der Waals surface area contributed by atoms with Gasteiger partial charge in [0.05, 0.1) is 10.6 Å². The van der Waals surface area contributed by atoms with Crippen molar-refractivity contribution in [3.05, 3.63) is 41.4 Å². The lowest BCUT2D eigenvalue weighted by Gasteiger charge is -2.33. The zero-order valence-corrected chi connectivity index (χ0v) is 15.0. The molecule has 0 spiro atoms. The van der Waals surface area contributed by atoms with Crippen LogP contribution in [0.3, 0.4) is 0 Å². The average molecular weight is 343 g/mol. The number of rotatable bonds is 6. The predicted octanol–water partition coefficient (Wildman–Crippen LogP) is 3.80. The number of nitrogens with zero attached hydrogens (tertiary/aromatic N) is 2. The standard InChI is InChI=1S/C19H25N3OS/c1-15-6-2-3-11-22(15)12-5-9-21-19(23)16-8-10-20-17(14-16)18-7-4-13-24-18/h4,7-8,10,13-15H,2-3,5-6,9,11-12H2,1H3,(H,21,23). The van der Waals surface area contributed by atoms with Gasteiger partial charge in [0.25, 0.3) is 5.91 Å². The minimum atomic E-state index is -0.0121. The molecule has 0 aromatic carbocycles. The Hall–Kier alpha value is -1.72. The van der Waals surface area contributed by atoms with E-state index >= 15 is 0 Å². The summed E-state index contributed by atoms with van der Waals surface area (Å²) >= 11 is 1.63. The molecule has 0 aliphatic carbocycles. The van der Waals surface area contributed by atoms with Crippen molar-refractivity contribution < 1.29 is 4.79 Å². The Labute approximate surface area is 147 Å². The lowest BCUT2D eigenvalue weighted by Crippen LogP contribution is -2.39. The Morgan fingerprint density at radius 2 is 2.33 bits per heavy atom. The number of thiophene rings is 1. The van der Waals surface area contributed by atoms with Crippen LogP contribution in [0, 0.1) is 0 Å². The molecular formula is C19H25N3OS. The molecule has 24 heavy (non-hydrogen) atoms. The molecule has 1 aliphatic heterocycles. The number of amides is 1. The molecule has 5 heteroatoms. The summed E-state index contributed by atoms with van der Waals surface area (Å²) in [5.74, 6) is -0.0121. The molecular weight excluding hydrogens is 318 g/mol. The van der Waals surface area contributed by atoms with Crippen molar-refractivity contribution in [2.24, 2.45) is 0 Å². The van der Waals surface area contributed by atoms with E-state index in [0.29, 0.717) is 11.6 Å². The highest BCUT2D eigenvalue weighted by molar-refractivity contribution is 7.13. The molecule has 1 unspecified atom stereocenters. The van der Waals surface area contributed by atoms with E-state index in [1.54, 1.807) is 23.6 Å². The number of hydrogen-bond donors (Lipinski definition) is 1. The van der Waals surface area contributed by atoms with Crippen LogP contribution in [-0.2, 0) is 0 Å². The van der Waals surface area contributed by atoms with E-state index in [0.717, 1.165) is 30.1 Å². The third-order valence-corrected chi connectivity index (χ3v) is 5.54. The third kappa shape index (κ3) is 4.42. The summed E-state index contributed by atoms with van der Waals surface area (Å²) in [6.45, 7) is 5.29. The Kier molecular flexibility index (Phi) is 5.99. The second kappa shape index (κ2) is 8.40. The van der Waals surface area contributed by atoms with E-state index < -0.39 is 0 Å². The van der Waals surface area contributed by atoms with Crippen molar-refractivity contribution in [1.82, 2.24) is 15.2 Å². The Morgan fingerprint density at radius 3 is 3.12 bits per heavy atom. The van der Waals surface area contributed by atoms with E-state index in [-0.39, 0.29) is 5.91 Å². The van der Waals surface area contributed by atoms with Crippen LogP contribution in [0.4, 0.5) is 0 Å². The van der Waals surface area contributed by atoms with Crippen LogP contribution in [0.25, 0.3) is 10.6 Å². The van der Waals surface area contributed by atoms with Crippen LogP contribution in [-0.4, -0.2) is 41.5 Å². The number of carbonyl (C=O) groups excluding carboxylic acids is 1. The Morgan fingerprint density at radius 1 is 1.42 bits per heavy atom. The van der Waals surface area contributed by atoms with Crippen LogP contribution >= 0.6 is 11.3 Å². The first kappa shape index (κ1) is 17.1. The summed E-state index contributed by atoms with van der Waals surface area (Å²) in [5, 5.41) is 5.06. The van der Waals surface area contributed by atoms with Gasteiger partial charge < -0.3 is 10.2 Å². The maximum Gasteiger partial charge on any atom is 0.251 e. The Bertz CT molecular complexity index is 656. The molecule has 3 heterocycles. The number of pyridine rings is 1. The van der Waals surface area contributed by atoms with Crippen molar-refractivity contribution in [1.29, 1.82) is 0 Å². The molecule has 1 saturated heterocycles. The van der Waals surface area contributed by atoms with Crippen LogP contribution in [0.5, 0.6) is 0 Å². The van der Waals surface area contributed by atoms with E-state index in [9.17, 15) is 4.79 Å². The molecule has 1 amide bonds. The number of nitrogens with one attached hydrogen (secondary N) is 1. The first-order valence-corrected chi connectivity index (χ1v) is 9.64. The minimum absolute atomic E-state index is 0.0121. The van der Waals surface area contributed by atoms with Gasteiger partial charge in [-0.3, -0.25) is 9.78 Å². The summed E-state index contributed by atoms with van der Waals surface area (Å²) in [4.78, 5) is 20.3. The SMILES string of the molecule is CC1CCCCN1CCCNC(=O)c1ccnc(-c2cccs2)c1. The molecule has 0 radical (unpaired) electrons. The largest absolute Gasteiger partial charge is 0.352 e. The van der Waals surface area contributed by atoms with Gasteiger partial charge in [0.2, 0.25) is 0 Å². The van der Waals surface area contributed by atoms with Gasteiger partial charge in [-0.05, 0) is 56.3 Å². The van der Waals surface area contributed by atoms with Gasteiger partial charge in [0.15, 0.2) is 0 Å². The molecule has 2 aromatic rings. The summed E-state index contributed by atoms with van der Waals surface area (Å²) in [6, 6.07) is 8.35. The fraction of sp³-hybridized carbons (Fsp3) is 0.474. The van der Waals surface area contributed by atoms with Gasteiger partial charge >= 0.3 is 0 Å². The summed E-state index contributed by atoms with van der Waals surface area (Å²) in [7, 11) is 0. The molecule has 1 atom stereocenters. The van der Waals surface area contributed by atoms with Crippen molar-refractivity contribution in [3.8, 4) is 10.6 Å². The number of aromatic nitrogens is 1. The van der Waals surface area contributed by atoms with Crippen molar-refractivity contribution >= 4 is 17.2 Å². The van der Waals surface area contributed by atoms with Gasteiger partial charge in [-0.15, -0.1) is 11.3 Å². The summed E-state index contributed by atoms with van der Waals surface area (Å²) in [6.07, 6.45) is 6.66. The molecule has 2 aromatic heterocycles. The molecule has 0 bridgehead atoms. The quantitative estimate of drug-likeness (QED) is 0.811. The lowest BCUT2D eigenvalue weighted by atomic mass is 10.0.